The van der Waals surface area contributed by atoms with E-state index in [1.54, 1.807) is 30.1 Å². The van der Waals surface area contributed by atoms with E-state index < -0.39 is 47.6 Å². The average molecular weight is 1240 g/mol. The van der Waals surface area contributed by atoms with E-state index in [2.05, 4.69) is 19.7 Å². The van der Waals surface area contributed by atoms with E-state index in [-0.39, 0.29) is 98.4 Å². The quantitative estimate of drug-likeness (QED) is 0.0110. The molecule has 0 atom stereocenters. The number of para-hydroxylation sites is 1. The van der Waals surface area contributed by atoms with Gasteiger partial charge in [0, 0.05) is 29.8 Å². The van der Waals surface area contributed by atoms with Crippen molar-refractivity contribution in [3.05, 3.63) is 85.5 Å². The normalized spacial score (nSPS) is 21.8. The number of rotatable bonds is 31. The number of thiazole rings is 1. The monoisotopic (exact) mass is 1240 g/mol. The van der Waals surface area contributed by atoms with Crippen LogP contribution in [-0.4, -0.2) is 117 Å². The van der Waals surface area contributed by atoms with Crippen molar-refractivity contribution in [1.29, 1.82) is 0 Å². The zero-order valence-corrected chi connectivity index (χ0v) is 51.2. The van der Waals surface area contributed by atoms with Gasteiger partial charge in [0.2, 0.25) is 5.13 Å². The van der Waals surface area contributed by atoms with E-state index in [9.17, 15) is 43.2 Å². The van der Waals surface area contributed by atoms with Crippen molar-refractivity contribution in [2.24, 2.45) is 40.6 Å². The van der Waals surface area contributed by atoms with Crippen LogP contribution in [0, 0.1) is 35.5 Å². The van der Waals surface area contributed by atoms with E-state index >= 15 is 0 Å². The maximum atomic E-state index is 14.0. The smallest absolute Gasteiger partial charge is 0.333 e. The Labute approximate surface area is 517 Å². The molecule has 0 N–H and O–H groups in total. The number of aromatic nitrogens is 1. The number of hydrogen-bond acceptors (Lipinski definition) is 22. The Morgan fingerprint density at radius 1 is 0.534 bits per heavy atom. The molecule has 21 nitrogen and oxygen atoms in total. The lowest BCUT2D eigenvalue weighted by Gasteiger charge is -2.30. The molecule has 4 fully saturated rings. The highest BCUT2D eigenvalue weighted by molar-refractivity contribution is 7.22. The number of hydrogen-bond donors (Lipinski definition) is 0. The van der Waals surface area contributed by atoms with Crippen molar-refractivity contribution in [3.63, 3.8) is 0 Å². The summed E-state index contributed by atoms with van der Waals surface area (Å²) >= 11 is 1.44. The summed E-state index contributed by atoms with van der Waals surface area (Å²) in [7, 11) is 0. The minimum atomic E-state index is -0.516. The molecule has 0 spiro atoms. The van der Waals surface area contributed by atoms with Gasteiger partial charge in [-0.25, -0.2) is 24.4 Å². The highest BCUT2D eigenvalue weighted by atomic mass is 32.1. The molecule has 0 radical (unpaired) electrons. The summed E-state index contributed by atoms with van der Waals surface area (Å²) < 4.78 is 51.1. The maximum absolute atomic E-state index is 14.0. The summed E-state index contributed by atoms with van der Waals surface area (Å²) in [6.45, 7) is 13.4. The topological polar surface area (TPSA) is 265 Å². The third-order valence-corrected chi connectivity index (χ3v) is 17.4. The number of carbonyl (C=O) groups excluding carboxylic acids is 9. The second-order valence-electron chi connectivity index (χ2n) is 22.9. The molecule has 3 aromatic rings. The summed E-state index contributed by atoms with van der Waals surface area (Å²) in [4.78, 5) is 119. The molecule has 476 valence electrons. The number of anilines is 1. The first-order chi connectivity index (χ1) is 42.6. The Morgan fingerprint density at radius 3 is 1.45 bits per heavy atom. The van der Waals surface area contributed by atoms with Gasteiger partial charge >= 0.3 is 53.7 Å². The van der Waals surface area contributed by atoms with Crippen LogP contribution in [0.4, 0.5) is 5.13 Å². The van der Waals surface area contributed by atoms with Crippen LogP contribution in [0.3, 0.4) is 0 Å². The summed E-state index contributed by atoms with van der Waals surface area (Å²) in [6, 6.07) is 12.4. The van der Waals surface area contributed by atoms with Crippen LogP contribution in [-0.2, 0) is 76.3 Å². The summed E-state index contributed by atoms with van der Waals surface area (Å²) in [5, 5.41) is 7.18. The third-order valence-electron chi connectivity index (χ3n) is 16.4. The van der Waals surface area contributed by atoms with Crippen molar-refractivity contribution < 1.29 is 85.8 Å². The average Bonchev–Trinajstić information content (AvgIpc) is 2.74. The highest BCUT2D eigenvalue weighted by Crippen LogP contribution is 2.37. The molecule has 0 aliphatic heterocycles. The lowest BCUT2D eigenvalue weighted by Crippen LogP contribution is -2.33. The lowest BCUT2D eigenvalue weighted by molar-refractivity contribution is -0.161. The molecule has 7 rings (SSSR count). The van der Waals surface area contributed by atoms with Gasteiger partial charge in [-0.15, -0.1) is 0 Å². The van der Waals surface area contributed by atoms with Crippen LogP contribution >= 0.6 is 11.3 Å². The molecule has 2 aromatic carbocycles. The van der Waals surface area contributed by atoms with Crippen molar-refractivity contribution >= 4 is 86.6 Å². The maximum Gasteiger partial charge on any atom is 0.333 e. The van der Waals surface area contributed by atoms with Gasteiger partial charge in [0.05, 0.1) is 85.0 Å². The van der Waals surface area contributed by atoms with Crippen LogP contribution in [0.15, 0.2) is 85.0 Å². The van der Waals surface area contributed by atoms with Gasteiger partial charge in [-0.2, -0.15) is 5.10 Å². The summed E-state index contributed by atoms with van der Waals surface area (Å²) in [6.07, 6.45) is 14.0. The molecule has 88 heavy (non-hydrogen) atoms. The van der Waals surface area contributed by atoms with Crippen molar-refractivity contribution in [2.75, 3.05) is 44.6 Å². The van der Waals surface area contributed by atoms with E-state index in [1.807, 2.05) is 24.3 Å². The minimum absolute atomic E-state index is 0.168. The Bertz CT molecular complexity index is 2910. The van der Waals surface area contributed by atoms with E-state index in [0.717, 1.165) is 22.4 Å². The Balaban J connectivity index is 0.923. The van der Waals surface area contributed by atoms with E-state index in [0.29, 0.717) is 164 Å². The second kappa shape index (κ2) is 35.3. The van der Waals surface area contributed by atoms with Crippen LogP contribution in [0.25, 0.3) is 10.2 Å². The number of ether oxygens (including phenoxy) is 9. The molecule has 0 unspecified atom stereocenters. The Kier molecular flexibility index (Phi) is 27.2. The Morgan fingerprint density at radius 2 is 0.966 bits per heavy atom. The van der Waals surface area contributed by atoms with Gasteiger partial charge in [-0.1, -0.05) is 43.2 Å². The SMILES string of the molecule is C=CC(=O)OCCCCOC(=O)C1CCC(OC(=O)C2CCC(C(=O)Oc3ccc(OC(=O)C4CCC(C(=O)OC5CCC(C(=O)OCCCCOC(=O)C=C)CC5)CC4)c(/C=N/N(CCCCOC(=O)C(=C)C)c4nc5ccccc5s4)c3)CC2)CC1. The number of fused-ring (bicyclic) bond motifs is 1. The molecule has 4 aliphatic carbocycles. The molecule has 0 saturated heterocycles. The molecule has 0 amide bonds. The van der Waals surface area contributed by atoms with Crippen LogP contribution in [0.1, 0.15) is 154 Å². The number of benzene rings is 2. The van der Waals surface area contributed by atoms with Crippen LogP contribution in [0.2, 0.25) is 0 Å². The molecule has 22 heteroatoms. The van der Waals surface area contributed by atoms with E-state index in [1.165, 1.54) is 17.6 Å². The summed E-state index contributed by atoms with van der Waals surface area (Å²) in [5.74, 6) is -5.59. The number of carbonyl (C=O) groups is 9. The van der Waals surface area contributed by atoms with Gasteiger partial charge in [-0.3, -0.25) is 28.8 Å². The minimum Gasteiger partial charge on any atom is -0.465 e. The zero-order chi connectivity index (χ0) is 62.8. The van der Waals surface area contributed by atoms with Crippen LogP contribution in [0.5, 0.6) is 11.5 Å². The van der Waals surface area contributed by atoms with Crippen molar-refractivity contribution in [1.82, 2.24) is 4.98 Å². The first-order valence-electron chi connectivity index (χ1n) is 31.0. The zero-order valence-electron chi connectivity index (χ0n) is 50.4. The largest absolute Gasteiger partial charge is 0.465 e. The highest BCUT2D eigenvalue weighted by Gasteiger charge is 2.37. The second-order valence-corrected chi connectivity index (χ2v) is 23.9. The summed E-state index contributed by atoms with van der Waals surface area (Å²) in [5.41, 5.74) is 1.42. The number of nitrogens with zero attached hydrogens (tertiary/aromatic N) is 3. The van der Waals surface area contributed by atoms with Crippen LogP contribution < -0.4 is 14.5 Å². The fraction of sp³-hybridized carbons (Fsp3) is 0.561. The molecule has 4 saturated carbocycles. The number of unbranched alkanes of at least 4 members (excludes halogenated alkanes) is 3. The molecule has 1 heterocycles. The van der Waals surface area contributed by atoms with E-state index in [4.69, 9.17) is 52.7 Å². The molecular formula is C66H83N3O18S. The van der Waals surface area contributed by atoms with Gasteiger partial charge in [-0.05, 0) is 179 Å². The van der Waals surface area contributed by atoms with Crippen molar-refractivity contribution in [3.8, 4) is 11.5 Å². The first kappa shape index (κ1) is 67.8. The lowest BCUT2D eigenvalue weighted by atomic mass is 9.82. The fourth-order valence-corrected chi connectivity index (χ4v) is 12.0. The third kappa shape index (κ3) is 21.5. The predicted octanol–water partition coefficient (Wildman–Crippen LogP) is 10.8. The number of esters is 9. The van der Waals surface area contributed by atoms with Crippen molar-refractivity contribution in [2.45, 2.75) is 160 Å². The van der Waals surface area contributed by atoms with Gasteiger partial charge in [0.25, 0.3) is 0 Å². The predicted molar refractivity (Wildman–Crippen MR) is 325 cm³/mol. The first-order valence-corrected chi connectivity index (χ1v) is 31.8. The van der Waals surface area contributed by atoms with Gasteiger partial charge < -0.3 is 42.6 Å². The molecule has 0 bridgehead atoms. The Hall–Kier alpha value is -7.75. The molecule has 1 aromatic heterocycles. The van der Waals surface area contributed by atoms with Gasteiger partial charge in [0.15, 0.2) is 0 Å². The van der Waals surface area contributed by atoms with Gasteiger partial charge in [0.1, 0.15) is 23.7 Å². The molecule has 4 aliphatic rings. The molecular weight excluding hydrogens is 1150 g/mol. The number of hydrazone groups is 1. The fourth-order valence-electron chi connectivity index (χ4n) is 11.1. The standard InChI is InChI=1S/C66H83N3O18S/c1-5-57(70)79-36-11-13-39-82-60(73)44-25-29-51(30-26-44)84-62(75)46-17-19-48(20-18-46)64(77)86-53-33-34-55(50(41-53)42-67-69(35-9-10-38-81-59(72)43(3)4)66-68-54-15-7-8-16-56(54)88-66)87-65(78)49-23-21-47(22-24-49)63(76)85-52-31-27-45(28-32-52)61(74)83-40-14-12-37-80-58(71)6-2/h5-8,15-16,33-34,41-42,44-49,51-52H,1-3,9-14,17-32,35-40H2,4H3/b67-42+.